The van der Waals surface area contributed by atoms with E-state index < -0.39 is 0 Å². The van der Waals surface area contributed by atoms with Crippen molar-refractivity contribution >= 4 is 5.91 Å². The van der Waals surface area contributed by atoms with Gasteiger partial charge in [0.1, 0.15) is 0 Å². The predicted octanol–water partition coefficient (Wildman–Crippen LogP) is 1.88. The molecule has 1 saturated carbocycles. The Morgan fingerprint density at radius 2 is 1.80 bits per heavy atom. The summed E-state index contributed by atoms with van der Waals surface area (Å²) in [5.74, 6) is 0.657. The van der Waals surface area contributed by atoms with Crippen LogP contribution in [0.5, 0.6) is 0 Å². The topological polar surface area (TPSA) is 58.4 Å². The first-order valence-electron chi connectivity index (χ1n) is 8.32. The average molecular weight is 281 g/mol. The molecule has 1 saturated heterocycles. The van der Waals surface area contributed by atoms with Crippen molar-refractivity contribution in [1.29, 1.82) is 0 Å². The van der Waals surface area contributed by atoms with Crippen molar-refractivity contribution in [2.75, 3.05) is 6.54 Å². The van der Waals surface area contributed by atoms with Crippen molar-refractivity contribution in [2.24, 2.45) is 11.7 Å². The van der Waals surface area contributed by atoms with Crippen LogP contribution < -0.4 is 11.1 Å². The summed E-state index contributed by atoms with van der Waals surface area (Å²) in [4.78, 5) is 14.9. The van der Waals surface area contributed by atoms with Gasteiger partial charge in [0.05, 0.1) is 6.04 Å². The third-order valence-electron chi connectivity index (χ3n) is 5.39. The molecule has 5 unspecified atom stereocenters. The Morgan fingerprint density at radius 1 is 1.20 bits per heavy atom. The molecule has 0 aromatic carbocycles. The zero-order valence-electron chi connectivity index (χ0n) is 13.3. The van der Waals surface area contributed by atoms with E-state index in [1.807, 2.05) is 6.92 Å². The Hall–Kier alpha value is -0.610. The molecule has 1 amide bonds. The molecule has 116 valence electrons. The highest BCUT2D eigenvalue weighted by atomic mass is 16.2. The third kappa shape index (κ3) is 3.34. The van der Waals surface area contributed by atoms with Crippen molar-refractivity contribution in [3.05, 3.63) is 0 Å². The summed E-state index contributed by atoms with van der Waals surface area (Å²) in [5, 5.41) is 3.28. The predicted molar refractivity (Wildman–Crippen MR) is 82.4 cm³/mol. The molecule has 1 aliphatic carbocycles. The molecule has 1 aliphatic heterocycles. The summed E-state index contributed by atoms with van der Waals surface area (Å²) >= 11 is 0. The van der Waals surface area contributed by atoms with Gasteiger partial charge >= 0.3 is 0 Å². The Balaban J connectivity index is 1.93. The minimum absolute atomic E-state index is 0.0251. The molecule has 4 heteroatoms. The third-order valence-corrected chi connectivity index (χ3v) is 5.39. The summed E-state index contributed by atoms with van der Waals surface area (Å²) in [5.41, 5.74) is 5.85. The van der Waals surface area contributed by atoms with E-state index in [1.165, 1.54) is 25.7 Å². The second-order valence-corrected chi connectivity index (χ2v) is 6.79. The second kappa shape index (κ2) is 6.90. The standard InChI is InChI=1S/C16H31N3O/c1-11-8-9-12(2)19(11)13(3)16(20)18-15-7-5-4-6-14(15)10-17/h11-15H,4-10,17H2,1-3H3,(H,18,20). The number of hydrogen-bond acceptors (Lipinski definition) is 3. The normalized spacial score (nSPS) is 36.8. The van der Waals surface area contributed by atoms with Gasteiger partial charge in [0, 0.05) is 18.1 Å². The Bertz CT molecular complexity index is 324. The monoisotopic (exact) mass is 281 g/mol. The number of hydrogen-bond donors (Lipinski definition) is 2. The SMILES string of the molecule is CC1CCC(C)N1C(C)C(=O)NC1CCCCC1CN. The van der Waals surface area contributed by atoms with Crippen LogP contribution in [0, 0.1) is 5.92 Å². The fraction of sp³-hybridized carbons (Fsp3) is 0.938. The molecule has 0 spiro atoms. The molecular formula is C16H31N3O. The lowest BCUT2D eigenvalue weighted by Crippen LogP contribution is -2.53. The molecule has 20 heavy (non-hydrogen) atoms. The first-order valence-corrected chi connectivity index (χ1v) is 8.32. The molecule has 0 aromatic rings. The van der Waals surface area contributed by atoms with E-state index in [0.29, 0.717) is 24.5 Å². The average Bonchev–Trinajstić information content (AvgIpc) is 2.78. The maximum absolute atomic E-state index is 12.6. The van der Waals surface area contributed by atoms with Gasteiger partial charge in [0.25, 0.3) is 0 Å². The van der Waals surface area contributed by atoms with Crippen molar-refractivity contribution in [3.63, 3.8) is 0 Å². The lowest BCUT2D eigenvalue weighted by Gasteiger charge is -2.36. The van der Waals surface area contributed by atoms with E-state index in [0.717, 1.165) is 12.8 Å². The first kappa shape index (κ1) is 15.8. The van der Waals surface area contributed by atoms with E-state index in [1.54, 1.807) is 0 Å². The summed E-state index contributed by atoms with van der Waals surface area (Å²) in [6.45, 7) is 7.21. The number of likely N-dealkylation sites (tertiary alicyclic amines) is 1. The van der Waals surface area contributed by atoms with Gasteiger partial charge in [0.2, 0.25) is 5.91 Å². The van der Waals surface area contributed by atoms with E-state index in [9.17, 15) is 4.79 Å². The number of amides is 1. The number of carbonyl (C=O) groups excluding carboxylic acids is 1. The second-order valence-electron chi connectivity index (χ2n) is 6.79. The van der Waals surface area contributed by atoms with Crippen LogP contribution in [-0.2, 0) is 4.79 Å². The molecule has 0 bridgehead atoms. The van der Waals surface area contributed by atoms with Crippen LogP contribution in [0.2, 0.25) is 0 Å². The van der Waals surface area contributed by atoms with Gasteiger partial charge in [-0.2, -0.15) is 0 Å². The largest absolute Gasteiger partial charge is 0.352 e. The molecule has 3 N–H and O–H groups in total. The van der Waals surface area contributed by atoms with Crippen molar-refractivity contribution in [1.82, 2.24) is 10.2 Å². The van der Waals surface area contributed by atoms with Crippen LogP contribution in [0.3, 0.4) is 0 Å². The maximum atomic E-state index is 12.6. The number of nitrogens with two attached hydrogens (primary N) is 1. The molecule has 0 aromatic heterocycles. The Labute approximate surface area is 123 Å². The fourth-order valence-corrected chi connectivity index (χ4v) is 4.10. The minimum Gasteiger partial charge on any atom is -0.352 e. The van der Waals surface area contributed by atoms with E-state index in [2.05, 4.69) is 24.1 Å². The maximum Gasteiger partial charge on any atom is 0.237 e. The van der Waals surface area contributed by atoms with Crippen LogP contribution in [-0.4, -0.2) is 41.5 Å². The molecule has 1 heterocycles. The molecule has 4 nitrogen and oxygen atoms in total. The first-order chi connectivity index (χ1) is 9.54. The van der Waals surface area contributed by atoms with Crippen LogP contribution in [0.25, 0.3) is 0 Å². The number of rotatable bonds is 4. The van der Waals surface area contributed by atoms with Crippen LogP contribution in [0.1, 0.15) is 59.3 Å². The molecule has 2 fully saturated rings. The molecule has 5 atom stereocenters. The van der Waals surface area contributed by atoms with Crippen LogP contribution in [0.15, 0.2) is 0 Å². The molecule has 2 aliphatic rings. The number of carbonyl (C=O) groups is 1. The van der Waals surface area contributed by atoms with Gasteiger partial charge in [-0.25, -0.2) is 0 Å². The summed E-state index contributed by atoms with van der Waals surface area (Å²) < 4.78 is 0. The molecular weight excluding hydrogens is 250 g/mol. The number of nitrogens with zero attached hydrogens (tertiary/aromatic N) is 1. The minimum atomic E-state index is -0.0251. The quantitative estimate of drug-likeness (QED) is 0.827. The Kier molecular flexibility index (Phi) is 5.44. The molecule has 2 rings (SSSR count). The summed E-state index contributed by atoms with van der Waals surface area (Å²) in [6.07, 6.45) is 7.12. The fourth-order valence-electron chi connectivity index (χ4n) is 4.10. The van der Waals surface area contributed by atoms with Gasteiger partial charge in [-0.15, -0.1) is 0 Å². The highest BCUT2D eigenvalue weighted by Gasteiger charge is 2.35. The van der Waals surface area contributed by atoms with Gasteiger partial charge in [0.15, 0.2) is 0 Å². The highest BCUT2D eigenvalue weighted by molar-refractivity contribution is 5.81. The lowest BCUT2D eigenvalue weighted by atomic mass is 9.84. The van der Waals surface area contributed by atoms with E-state index in [-0.39, 0.29) is 18.0 Å². The zero-order chi connectivity index (χ0) is 14.7. The van der Waals surface area contributed by atoms with Gasteiger partial charge in [-0.3, -0.25) is 9.69 Å². The van der Waals surface area contributed by atoms with Crippen molar-refractivity contribution in [3.8, 4) is 0 Å². The highest BCUT2D eigenvalue weighted by Crippen LogP contribution is 2.27. The summed E-state index contributed by atoms with van der Waals surface area (Å²) in [6, 6.07) is 1.30. The van der Waals surface area contributed by atoms with Crippen LogP contribution in [0.4, 0.5) is 0 Å². The van der Waals surface area contributed by atoms with Crippen molar-refractivity contribution in [2.45, 2.75) is 83.5 Å². The molecule has 0 radical (unpaired) electrons. The smallest absolute Gasteiger partial charge is 0.237 e. The van der Waals surface area contributed by atoms with Crippen LogP contribution >= 0.6 is 0 Å². The van der Waals surface area contributed by atoms with E-state index >= 15 is 0 Å². The Morgan fingerprint density at radius 3 is 2.40 bits per heavy atom. The van der Waals surface area contributed by atoms with Gasteiger partial charge in [-0.1, -0.05) is 12.8 Å². The summed E-state index contributed by atoms with van der Waals surface area (Å²) in [7, 11) is 0. The lowest BCUT2D eigenvalue weighted by molar-refractivity contribution is -0.128. The zero-order valence-corrected chi connectivity index (χ0v) is 13.3. The van der Waals surface area contributed by atoms with Crippen molar-refractivity contribution < 1.29 is 4.79 Å². The van der Waals surface area contributed by atoms with E-state index in [4.69, 9.17) is 5.73 Å². The number of nitrogens with one attached hydrogen (secondary N) is 1. The van der Waals surface area contributed by atoms with Gasteiger partial charge < -0.3 is 11.1 Å². The van der Waals surface area contributed by atoms with Gasteiger partial charge in [-0.05, 0) is 58.9 Å².